The number of aliphatic hydroxyl groups excluding tert-OH is 1. The Labute approximate surface area is 169 Å². The van der Waals surface area contributed by atoms with E-state index in [4.69, 9.17) is 5.73 Å². The topological polar surface area (TPSA) is 97.0 Å². The summed E-state index contributed by atoms with van der Waals surface area (Å²) < 4.78 is 28.0. The lowest BCUT2D eigenvalue weighted by atomic mass is 10.0. The summed E-state index contributed by atoms with van der Waals surface area (Å²) in [4.78, 5) is 13.1. The molecule has 1 atom stereocenters. The van der Waals surface area contributed by atoms with Crippen molar-refractivity contribution in [1.29, 1.82) is 0 Å². The maximum Gasteiger partial charge on any atom is 0.191 e. The number of rotatable bonds is 8. The molecule has 0 saturated carbocycles. The van der Waals surface area contributed by atoms with Gasteiger partial charge in [-0.2, -0.15) is 0 Å². The van der Waals surface area contributed by atoms with Crippen LogP contribution in [0.1, 0.15) is 25.8 Å². The predicted molar refractivity (Wildman–Crippen MR) is 109 cm³/mol. The minimum Gasteiger partial charge on any atom is -0.394 e. The molecule has 3 rings (SSSR count). The number of nitrogens with two attached hydrogens (primary N) is 1. The Kier molecular flexibility index (Phi) is 6.63. The zero-order valence-electron chi connectivity index (χ0n) is 15.4. The van der Waals surface area contributed by atoms with Gasteiger partial charge in [-0.25, -0.2) is 23.7 Å². The molecule has 3 aromatic rings. The van der Waals surface area contributed by atoms with Gasteiger partial charge in [0.1, 0.15) is 4.70 Å². The molecule has 0 saturated heterocycles. The highest BCUT2D eigenvalue weighted by atomic mass is 32.2. The summed E-state index contributed by atoms with van der Waals surface area (Å²) in [6, 6.07) is 3.88. The van der Waals surface area contributed by atoms with Crippen LogP contribution in [0.4, 0.5) is 19.7 Å². The van der Waals surface area contributed by atoms with Crippen LogP contribution in [0.2, 0.25) is 0 Å². The highest BCUT2D eigenvalue weighted by Gasteiger charge is 2.18. The van der Waals surface area contributed by atoms with Crippen LogP contribution in [-0.2, 0) is 5.75 Å². The smallest absolute Gasteiger partial charge is 0.191 e. The molecule has 1 aromatic carbocycles. The van der Waals surface area contributed by atoms with Crippen LogP contribution in [0.25, 0.3) is 10.3 Å². The molecule has 0 aliphatic carbocycles. The second-order valence-corrected chi connectivity index (χ2v) is 8.69. The molecule has 10 heteroatoms. The third-order valence-electron chi connectivity index (χ3n) is 3.96. The van der Waals surface area contributed by atoms with Crippen molar-refractivity contribution in [2.75, 3.05) is 17.7 Å². The van der Waals surface area contributed by atoms with E-state index < -0.39 is 11.6 Å². The van der Waals surface area contributed by atoms with Gasteiger partial charge in [0.2, 0.25) is 0 Å². The number of halogens is 2. The fourth-order valence-corrected chi connectivity index (χ4v) is 4.27. The minimum atomic E-state index is -0.886. The van der Waals surface area contributed by atoms with E-state index >= 15 is 0 Å². The van der Waals surface area contributed by atoms with Crippen LogP contribution < -0.4 is 11.1 Å². The average Bonchev–Trinajstić information content (AvgIpc) is 3.02. The zero-order valence-corrected chi connectivity index (χ0v) is 17.1. The number of nitrogens with one attached hydrogen (secondary N) is 1. The Morgan fingerprint density at radius 3 is 2.75 bits per heavy atom. The molecule has 6 nitrogen and oxygen atoms in total. The molecule has 0 radical (unpaired) electrons. The van der Waals surface area contributed by atoms with Crippen LogP contribution in [0.15, 0.2) is 23.4 Å². The number of hydrogen-bond donors (Lipinski definition) is 3. The Bertz CT molecular complexity index is 967. The summed E-state index contributed by atoms with van der Waals surface area (Å²) in [5.41, 5.74) is 6.48. The third-order valence-corrected chi connectivity index (χ3v) is 5.73. The number of anilines is 2. The van der Waals surface area contributed by atoms with Crippen molar-refractivity contribution < 1.29 is 13.9 Å². The van der Waals surface area contributed by atoms with E-state index in [1.807, 2.05) is 0 Å². The van der Waals surface area contributed by atoms with Crippen molar-refractivity contribution in [2.24, 2.45) is 5.92 Å². The Hall–Kier alpha value is -2.04. The van der Waals surface area contributed by atoms with E-state index in [1.54, 1.807) is 0 Å². The van der Waals surface area contributed by atoms with E-state index in [-0.39, 0.29) is 24.0 Å². The number of hydrogen-bond acceptors (Lipinski definition) is 8. The van der Waals surface area contributed by atoms with Crippen molar-refractivity contribution in [3.63, 3.8) is 0 Å². The van der Waals surface area contributed by atoms with Gasteiger partial charge in [-0.15, -0.1) is 0 Å². The number of nitrogens with zero attached hydrogens (tertiary/aromatic N) is 3. The highest BCUT2D eigenvalue weighted by Crippen LogP contribution is 2.32. The Morgan fingerprint density at radius 1 is 1.25 bits per heavy atom. The van der Waals surface area contributed by atoms with E-state index in [1.165, 1.54) is 35.2 Å². The van der Waals surface area contributed by atoms with Crippen molar-refractivity contribution >= 4 is 44.4 Å². The van der Waals surface area contributed by atoms with Gasteiger partial charge in [-0.3, -0.25) is 0 Å². The molecule has 2 aromatic heterocycles. The molecule has 0 amide bonds. The number of thiazole rings is 1. The Morgan fingerprint density at radius 2 is 2.04 bits per heavy atom. The fraction of sp³-hybridized carbons (Fsp3) is 0.389. The number of fused-ring (bicyclic) bond motifs is 1. The van der Waals surface area contributed by atoms with Gasteiger partial charge < -0.3 is 16.2 Å². The zero-order chi connectivity index (χ0) is 20.3. The van der Waals surface area contributed by atoms with Crippen molar-refractivity contribution in [3.05, 3.63) is 35.4 Å². The summed E-state index contributed by atoms with van der Waals surface area (Å²) in [5.74, 6) is -0.670. The fourth-order valence-electron chi connectivity index (χ4n) is 2.73. The SMILES string of the molecule is CC(C)C[C@H](CO)Nc1nc(SCc2cccc(F)c2F)nc2nc(N)sc12. The van der Waals surface area contributed by atoms with E-state index in [9.17, 15) is 13.9 Å². The first kappa shape index (κ1) is 20.7. The van der Waals surface area contributed by atoms with Crippen LogP contribution >= 0.6 is 23.1 Å². The maximum absolute atomic E-state index is 13.9. The van der Waals surface area contributed by atoms with Crippen molar-refractivity contribution in [1.82, 2.24) is 15.0 Å². The van der Waals surface area contributed by atoms with Gasteiger partial charge in [0.05, 0.1) is 12.6 Å². The first-order valence-corrected chi connectivity index (χ1v) is 10.5. The van der Waals surface area contributed by atoms with Gasteiger partial charge in [-0.1, -0.05) is 49.1 Å². The lowest BCUT2D eigenvalue weighted by Gasteiger charge is -2.19. The average molecular weight is 426 g/mol. The molecule has 0 unspecified atom stereocenters. The number of nitrogen functional groups attached to an aromatic ring is 1. The van der Waals surface area contributed by atoms with Gasteiger partial charge in [0, 0.05) is 11.3 Å². The largest absolute Gasteiger partial charge is 0.394 e. The second kappa shape index (κ2) is 8.97. The van der Waals surface area contributed by atoms with E-state index in [0.717, 1.165) is 12.5 Å². The molecular formula is C18H21F2N5OS2. The number of aromatic nitrogens is 3. The molecule has 0 bridgehead atoms. The molecule has 0 spiro atoms. The summed E-state index contributed by atoms with van der Waals surface area (Å²) >= 11 is 2.43. The van der Waals surface area contributed by atoms with Crippen LogP contribution in [-0.4, -0.2) is 32.7 Å². The van der Waals surface area contributed by atoms with Crippen LogP contribution in [0, 0.1) is 17.6 Å². The number of benzene rings is 1. The van der Waals surface area contributed by atoms with Crippen molar-refractivity contribution in [2.45, 2.75) is 37.2 Å². The molecule has 0 fully saturated rings. The van der Waals surface area contributed by atoms with Gasteiger partial charge in [0.25, 0.3) is 0 Å². The first-order chi connectivity index (χ1) is 13.4. The Balaban J connectivity index is 1.87. The number of aliphatic hydroxyl groups is 1. The molecule has 0 aliphatic rings. The van der Waals surface area contributed by atoms with Gasteiger partial charge >= 0.3 is 0 Å². The monoisotopic (exact) mass is 425 g/mol. The molecule has 150 valence electrons. The van der Waals surface area contributed by atoms with Crippen LogP contribution in [0.5, 0.6) is 0 Å². The van der Waals surface area contributed by atoms with Crippen LogP contribution in [0.3, 0.4) is 0 Å². The molecule has 2 heterocycles. The summed E-state index contributed by atoms with van der Waals surface area (Å²) in [6.07, 6.45) is 0.757. The maximum atomic E-state index is 13.9. The molecule has 4 N–H and O–H groups in total. The summed E-state index contributed by atoms with van der Waals surface area (Å²) in [5, 5.41) is 13.6. The van der Waals surface area contributed by atoms with Crippen molar-refractivity contribution in [3.8, 4) is 0 Å². The molecule has 0 aliphatic heterocycles. The van der Waals surface area contributed by atoms with Gasteiger partial charge in [0.15, 0.2) is 33.4 Å². The second-order valence-electron chi connectivity index (χ2n) is 6.71. The first-order valence-electron chi connectivity index (χ1n) is 8.74. The predicted octanol–water partition coefficient (Wildman–Crippen LogP) is 4.06. The minimum absolute atomic E-state index is 0.0467. The standard InChI is InChI=1S/C18H21F2N5OS2/c1-9(2)6-11(7-26)22-15-14-16(23-17(21)28-14)25-18(24-15)27-8-10-4-3-5-12(19)13(10)20/h3-5,9,11,26H,6-8H2,1-2H3,(H3,21,22,23,24,25)/t11-/m1/s1. The quantitative estimate of drug-likeness (QED) is 0.370. The lowest BCUT2D eigenvalue weighted by Crippen LogP contribution is -2.26. The molecule has 28 heavy (non-hydrogen) atoms. The molecular weight excluding hydrogens is 404 g/mol. The highest BCUT2D eigenvalue weighted by molar-refractivity contribution is 7.98. The summed E-state index contributed by atoms with van der Waals surface area (Å²) in [6.45, 7) is 4.09. The normalized spacial score (nSPS) is 12.6. The number of thioether (sulfide) groups is 1. The van der Waals surface area contributed by atoms with Gasteiger partial charge in [-0.05, 0) is 18.4 Å². The van der Waals surface area contributed by atoms with E-state index in [2.05, 4.69) is 34.1 Å². The third kappa shape index (κ3) is 4.86. The lowest BCUT2D eigenvalue weighted by molar-refractivity contribution is 0.259. The summed E-state index contributed by atoms with van der Waals surface area (Å²) in [7, 11) is 0. The van der Waals surface area contributed by atoms with E-state index in [0.29, 0.717) is 32.4 Å².